The molecule has 0 fully saturated rings. The Balaban J connectivity index is 2.37. The lowest BCUT2D eigenvalue weighted by molar-refractivity contribution is 0.276. The average Bonchev–Trinajstić information content (AvgIpc) is 2.80. The van der Waals surface area contributed by atoms with Crippen LogP contribution in [0.1, 0.15) is 42.8 Å². The zero-order valence-corrected chi connectivity index (χ0v) is 14.6. The van der Waals surface area contributed by atoms with Gasteiger partial charge in [0.25, 0.3) is 0 Å². The van der Waals surface area contributed by atoms with Crippen LogP contribution >= 0.6 is 23.2 Å². The summed E-state index contributed by atoms with van der Waals surface area (Å²) in [6.07, 6.45) is 3.32. The van der Waals surface area contributed by atoms with Gasteiger partial charge in [0.15, 0.2) is 0 Å². The van der Waals surface area contributed by atoms with Crippen LogP contribution in [-0.4, -0.2) is 21.5 Å². The predicted octanol–water partition coefficient (Wildman–Crippen LogP) is 4.29. The monoisotopic (exact) mass is 340 g/mol. The van der Waals surface area contributed by atoms with Gasteiger partial charge in [-0.05, 0) is 43.0 Å². The van der Waals surface area contributed by atoms with E-state index >= 15 is 0 Å². The standard InChI is InChI=1S/C17H22Cl2N2O/c1-3-16-15(10-12-8-13(18)11-14(19)9-12)17(4-2)21(20-16)6-5-7-22/h8-9,11,22H,3-7,10H2,1-2H3. The molecule has 0 aliphatic heterocycles. The molecule has 1 aromatic heterocycles. The molecule has 0 unspecified atom stereocenters. The SMILES string of the molecule is CCc1nn(CCCO)c(CC)c1Cc1cc(Cl)cc(Cl)c1. The van der Waals surface area contributed by atoms with E-state index in [2.05, 4.69) is 13.8 Å². The van der Waals surface area contributed by atoms with Crippen molar-refractivity contribution in [2.24, 2.45) is 0 Å². The summed E-state index contributed by atoms with van der Waals surface area (Å²) in [5.41, 5.74) is 4.72. The molecule has 0 radical (unpaired) electrons. The third-order valence-corrected chi connectivity index (χ3v) is 4.19. The molecule has 0 bridgehead atoms. The minimum atomic E-state index is 0.184. The Bertz CT molecular complexity index is 618. The van der Waals surface area contributed by atoms with Gasteiger partial charge in [0.2, 0.25) is 0 Å². The largest absolute Gasteiger partial charge is 0.396 e. The highest BCUT2D eigenvalue weighted by molar-refractivity contribution is 6.34. The van der Waals surface area contributed by atoms with Crippen LogP contribution in [0.25, 0.3) is 0 Å². The normalized spacial score (nSPS) is 11.1. The second-order valence-electron chi connectivity index (χ2n) is 5.33. The minimum absolute atomic E-state index is 0.184. The van der Waals surface area contributed by atoms with Crippen LogP contribution in [0, 0.1) is 0 Å². The number of rotatable bonds is 7. The lowest BCUT2D eigenvalue weighted by atomic mass is 10.0. The number of aliphatic hydroxyl groups excluding tert-OH is 1. The van der Waals surface area contributed by atoms with E-state index in [9.17, 15) is 0 Å². The number of nitrogens with zero attached hydrogens (tertiary/aromatic N) is 2. The van der Waals surface area contributed by atoms with E-state index in [4.69, 9.17) is 33.4 Å². The summed E-state index contributed by atoms with van der Waals surface area (Å²) < 4.78 is 2.04. The maximum Gasteiger partial charge on any atom is 0.0660 e. The molecular weight excluding hydrogens is 319 g/mol. The Kier molecular flexibility index (Phi) is 6.30. The van der Waals surface area contributed by atoms with Gasteiger partial charge in [0.05, 0.1) is 5.69 Å². The lowest BCUT2D eigenvalue weighted by Crippen LogP contribution is -2.07. The molecule has 0 amide bonds. The number of benzene rings is 1. The van der Waals surface area contributed by atoms with E-state index in [-0.39, 0.29) is 6.61 Å². The molecule has 1 aromatic carbocycles. The molecule has 120 valence electrons. The second kappa shape index (κ2) is 8.00. The van der Waals surface area contributed by atoms with Gasteiger partial charge in [-0.2, -0.15) is 5.10 Å². The molecule has 0 aliphatic carbocycles. The highest BCUT2D eigenvalue weighted by Gasteiger charge is 2.16. The van der Waals surface area contributed by atoms with Crippen LogP contribution in [0.3, 0.4) is 0 Å². The summed E-state index contributed by atoms with van der Waals surface area (Å²) in [6.45, 7) is 5.19. The van der Waals surface area contributed by atoms with Crippen molar-refractivity contribution in [3.63, 3.8) is 0 Å². The molecule has 0 atom stereocenters. The van der Waals surface area contributed by atoms with Crippen LogP contribution < -0.4 is 0 Å². The van der Waals surface area contributed by atoms with Crippen LogP contribution in [-0.2, 0) is 25.8 Å². The number of hydrogen-bond donors (Lipinski definition) is 1. The summed E-state index contributed by atoms with van der Waals surface area (Å²) in [6, 6.07) is 5.66. The van der Waals surface area contributed by atoms with E-state index in [1.54, 1.807) is 6.07 Å². The first-order valence-corrected chi connectivity index (χ1v) is 8.47. The summed E-state index contributed by atoms with van der Waals surface area (Å²) in [5.74, 6) is 0. The molecule has 0 spiro atoms. The zero-order valence-electron chi connectivity index (χ0n) is 13.1. The van der Waals surface area contributed by atoms with Gasteiger partial charge in [0, 0.05) is 40.9 Å². The first kappa shape index (κ1) is 17.3. The molecule has 3 nitrogen and oxygen atoms in total. The fourth-order valence-corrected chi connectivity index (χ4v) is 3.37. The summed E-state index contributed by atoms with van der Waals surface area (Å²) >= 11 is 12.2. The van der Waals surface area contributed by atoms with E-state index in [0.29, 0.717) is 10.0 Å². The van der Waals surface area contributed by atoms with Gasteiger partial charge >= 0.3 is 0 Å². The molecule has 1 N–H and O–H groups in total. The van der Waals surface area contributed by atoms with Crippen molar-refractivity contribution in [1.82, 2.24) is 9.78 Å². The maximum absolute atomic E-state index is 9.05. The smallest absolute Gasteiger partial charge is 0.0660 e. The van der Waals surface area contributed by atoms with Crippen molar-refractivity contribution in [2.45, 2.75) is 46.1 Å². The molecule has 22 heavy (non-hydrogen) atoms. The predicted molar refractivity (Wildman–Crippen MR) is 92.0 cm³/mol. The number of aryl methyl sites for hydroxylation is 2. The average molecular weight is 341 g/mol. The molecule has 1 heterocycles. The van der Waals surface area contributed by atoms with Gasteiger partial charge in [-0.1, -0.05) is 37.0 Å². The van der Waals surface area contributed by atoms with Gasteiger partial charge < -0.3 is 5.11 Å². The van der Waals surface area contributed by atoms with E-state index < -0.39 is 0 Å². The Morgan fingerprint density at radius 1 is 1.09 bits per heavy atom. The van der Waals surface area contributed by atoms with Crippen LogP contribution in [0.2, 0.25) is 10.0 Å². The van der Waals surface area contributed by atoms with Crippen molar-refractivity contribution in [3.8, 4) is 0 Å². The molecule has 0 saturated heterocycles. The quantitative estimate of drug-likeness (QED) is 0.816. The Morgan fingerprint density at radius 2 is 1.77 bits per heavy atom. The summed E-state index contributed by atoms with van der Waals surface area (Å²) in [7, 11) is 0. The van der Waals surface area contributed by atoms with E-state index in [1.807, 2.05) is 16.8 Å². The molecule has 0 aliphatic rings. The van der Waals surface area contributed by atoms with Crippen molar-refractivity contribution < 1.29 is 5.11 Å². The molecule has 2 aromatic rings. The van der Waals surface area contributed by atoms with Gasteiger partial charge in [-0.15, -0.1) is 0 Å². The fraction of sp³-hybridized carbons (Fsp3) is 0.471. The van der Waals surface area contributed by atoms with Crippen molar-refractivity contribution in [2.75, 3.05) is 6.61 Å². The van der Waals surface area contributed by atoms with Crippen molar-refractivity contribution in [3.05, 3.63) is 50.8 Å². The number of halogens is 2. The highest BCUT2D eigenvalue weighted by atomic mass is 35.5. The molecule has 2 rings (SSSR count). The highest BCUT2D eigenvalue weighted by Crippen LogP contribution is 2.25. The third kappa shape index (κ3) is 4.03. The number of aliphatic hydroxyl groups is 1. The summed E-state index contributed by atoms with van der Waals surface area (Å²) in [4.78, 5) is 0. The Labute approximate surface area is 141 Å². The second-order valence-corrected chi connectivity index (χ2v) is 6.21. The Hall–Kier alpha value is -1.03. The maximum atomic E-state index is 9.05. The number of hydrogen-bond acceptors (Lipinski definition) is 2. The minimum Gasteiger partial charge on any atom is -0.396 e. The lowest BCUT2D eigenvalue weighted by Gasteiger charge is -2.08. The van der Waals surface area contributed by atoms with Gasteiger partial charge in [-0.3, -0.25) is 4.68 Å². The first-order chi connectivity index (χ1) is 10.6. The number of aromatic nitrogens is 2. The van der Waals surface area contributed by atoms with Crippen LogP contribution in [0.5, 0.6) is 0 Å². The third-order valence-electron chi connectivity index (χ3n) is 3.75. The van der Waals surface area contributed by atoms with Crippen molar-refractivity contribution in [1.29, 1.82) is 0 Å². The fourth-order valence-electron chi connectivity index (χ4n) is 2.80. The van der Waals surface area contributed by atoms with E-state index in [0.717, 1.165) is 43.5 Å². The Morgan fingerprint density at radius 3 is 2.32 bits per heavy atom. The van der Waals surface area contributed by atoms with E-state index in [1.165, 1.54) is 11.3 Å². The van der Waals surface area contributed by atoms with Crippen molar-refractivity contribution >= 4 is 23.2 Å². The topological polar surface area (TPSA) is 38.0 Å². The first-order valence-electron chi connectivity index (χ1n) is 7.72. The zero-order chi connectivity index (χ0) is 16.1. The van der Waals surface area contributed by atoms with Gasteiger partial charge in [0.1, 0.15) is 0 Å². The summed E-state index contributed by atoms with van der Waals surface area (Å²) in [5, 5.41) is 15.1. The van der Waals surface area contributed by atoms with Crippen LogP contribution in [0.4, 0.5) is 0 Å². The molecule has 0 saturated carbocycles. The van der Waals surface area contributed by atoms with Gasteiger partial charge in [-0.25, -0.2) is 0 Å². The molecule has 5 heteroatoms. The molecular formula is C17H22Cl2N2O. The van der Waals surface area contributed by atoms with Crippen LogP contribution in [0.15, 0.2) is 18.2 Å².